The molecule has 6 aliphatic heterocycles. The number of nitrogens with one attached hydrogen (secondary N) is 2. The van der Waals surface area contributed by atoms with E-state index in [1.165, 1.54) is 0 Å². The summed E-state index contributed by atoms with van der Waals surface area (Å²) in [5.41, 5.74) is 12.8. The minimum absolute atomic E-state index is 0.00776. The molecule has 0 radical (unpaired) electrons. The molecule has 6 fully saturated rings. The monoisotopic (exact) mass is 549 g/mol. The first-order valence-electron chi connectivity index (χ1n) is 15.5. The van der Waals surface area contributed by atoms with E-state index in [1.807, 2.05) is 11.9 Å². The predicted octanol–water partition coefficient (Wildman–Crippen LogP) is -0.815. The van der Waals surface area contributed by atoms with Gasteiger partial charge in [-0.2, -0.15) is 0 Å². The van der Waals surface area contributed by atoms with E-state index in [9.17, 15) is 14.0 Å². The van der Waals surface area contributed by atoms with E-state index in [1.54, 1.807) is 0 Å². The number of halogens is 1. The highest BCUT2D eigenvalue weighted by Gasteiger charge is 2.75. The van der Waals surface area contributed by atoms with Crippen molar-refractivity contribution in [3.63, 3.8) is 0 Å². The fourth-order valence-electron chi connectivity index (χ4n) is 9.39. The second kappa shape index (κ2) is 10.8. The Kier molecular flexibility index (Phi) is 7.69. The third-order valence-corrected chi connectivity index (χ3v) is 11.6. The topological polar surface area (TPSA) is 120 Å². The third kappa shape index (κ3) is 4.70. The summed E-state index contributed by atoms with van der Waals surface area (Å²) in [6, 6.07) is 0.198. The van der Waals surface area contributed by atoms with Crippen LogP contribution in [-0.4, -0.2) is 139 Å². The summed E-state index contributed by atoms with van der Waals surface area (Å²) in [4.78, 5) is 33.6. The Balaban J connectivity index is 1.09. The molecule has 0 bridgehead atoms. The Morgan fingerprint density at radius 1 is 1.08 bits per heavy atom. The number of quaternary nitrogens is 1. The number of amides is 2. The highest BCUT2D eigenvalue weighted by atomic mass is 19.1. The van der Waals surface area contributed by atoms with E-state index in [0.29, 0.717) is 19.5 Å². The quantitative estimate of drug-likeness (QED) is 0.253. The van der Waals surface area contributed by atoms with Gasteiger partial charge in [0.15, 0.2) is 0 Å². The lowest BCUT2D eigenvalue weighted by atomic mass is 9.59. The van der Waals surface area contributed by atoms with Gasteiger partial charge >= 0.3 is 0 Å². The summed E-state index contributed by atoms with van der Waals surface area (Å²) >= 11 is 0. The molecule has 220 valence electrons. The van der Waals surface area contributed by atoms with Crippen LogP contribution in [0.15, 0.2) is 0 Å². The molecule has 6 N–H and O–H groups in total. The molecule has 0 aromatic rings. The SMILES string of the molecule is CN1CCCC1C(=O)N1CCN(C2CCNCC2NC(=O)C(C(N)N)C2CC34CCCC(F)C[N+]23CC4)CC1. The van der Waals surface area contributed by atoms with Crippen molar-refractivity contribution in [2.24, 2.45) is 17.4 Å². The number of carbonyl (C=O) groups is 2. The number of piperidine rings is 2. The summed E-state index contributed by atoms with van der Waals surface area (Å²) in [6.07, 6.45) is 6.10. The predicted molar refractivity (Wildman–Crippen MR) is 147 cm³/mol. The standard InChI is InChI=1S/C28H49FN8O2/c1-34-10-3-5-22(34)27(39)36-13-11-35(12-14-36)21-6-9-32-17-20(21)33-26(38)24(25(30)31)23-16-28-7-2-4-19(29)18-37(23,28)15-8-28/h19-25,32H,2-18,30-31H2,1H3/p+1. The lowest BCUT2D eigenvalue weighted by molar-refractivity contribution is -1.08. The maximum Gasteiger partial charge on any atom is 0.240 e. The second-order valence-electron chi connectivity index (χ2n) is 13.5. The molecule has 0 aliphatic carbocycles. The van der Waals surface area contributed by atoms with E-state index in [-0.39, 0.29) is 41.5 Å². The number of likely N-dealkylation sites (tertiary alicyclic amines) is 1. The Labute approximate surface area is 232 Å². The van der Waals surface area contributed by atoms with Gasteiger partial charge in [-0.05, 0) is 52.2 Å². The molecule has 2 amide bonds. The van der Waals surface area contributed by atoms with E-state index < -0.39 is 18.3 Å². The summed E-state index contributed by atoms with van der Waals surface area (Å²) in [5, 5.41) is 6.82. The van der Waals surface area contributed by atoms with Gasteiger partial charge in [0, 0.05) is 45.2 Å². The molecule has 6 saturated heterocycles. The average Bonchev–Trinajstić information content (AvgIpc) is 3.34. The number of rotatable bonds is 6. The molecule has 0 aromatic carbocycles. The molecule has 8 unspecified atom stereocenters. The maximum absolute atomic E-state index is 14.8. The molecular formula is C28H50FN8O2+. The van der Waals surface area contributed by atoms with Crippen molar-refractivity contribution in [2.75, 3.05) is 66.0 Å². The zero-order chi connectivity index (χ0) is 27.4. The Morgan fingerprint density at radius 2 is 1.87 bits per heavy atom. The molecule has 10 nitrogen and oxygen atoms in total. The smallest absolute Gasteiger partial charge is 0.240 e. The zero-order valence-electron chi connectivity index (χ0n) is 23.7. The molecular weight excluding hydrogens is 499 g/mol. The lowest BCUT2D eigenvalue weighted by Gasteiger charge is -2.74. The van der Waals surface area contributed by atoms with Crippen LogP contribution in [0.1, 0.15) is 51.4 Å². The fourth-order valence-corrected chi connectivity index (χ4v) is 9.39. The van der Waals surface area contributed by atoms with Crippen molar-refractivity contribution in [3.05, 3.63) is 0 Å². The Bertz CT molecular complexity index is 931. The van der Waals surface area contributed by atoms with E-state index in [0.717, 1.165) is 95.2 Å². The number of alkyl halides is 1. The normalized spacial score (nSPS) is 42.1. The van der Waals surface area contributed by atoms with Gasteiger partial charge in [-0.3, -0.25) is 19.4 Å². The van der Waals surface area contributed by atoms with Crippen LogP contribution >= 0.6 is 0 Å². The van der Waals surface area contributed by atoms with Crippen molar-refractivity contribution < 1.29 is 18.5 Å². The number of hydrogen-bond donors (Lipinski definition) is 4. The molecule has 11 heteroatoms. The van der Waals surface area contributed by atoms with Crippen LogP contribution in [0.3, 0.4) is 0 Å². The number of piperazine rings is 1. The van der Waals surface area contributed by atoms with Crippen LogP contribution in [0, 0.1) is 5.92 Å². The highest BCUT2D eigenvalue weighted by Crippen LogP contribution is 2.61. The van der Waals surface area contributed by atoms with Gasteiger partial charge in [0.25, 0.3) is 0 Å². The molecule has 0 spiro atoms. The summed E-state index contributed by atoms with van der Waals surface area (Å²) < 4.78 is 15.5. The summed E-state index contributed by atoms with van der Waals surface area (Å²) in [7, 11) is 2.05. The first kappa shape index (κ1) is 27.8. The average molecular weight is 550 g/mol. The molecule has 6 aliphatic rings. The molecule has 6 rings (SSSR count). The van der Waals surface area contributed by atoms with E-state index in [4.69, 9.17) is 11.5 Å². The third-order valence-electron chi connectivity index (χ3n) is 11.6. The summed E-state index contributed by atoms with van der Waals surface area (Å²) in [5.74, 6) is -0.313. The first-order valence-corrected chi connectivity index (χ1v) is 15.5. The Hall–Kier alpha value is -1.37. The van der Waals surface area contributed by atoms with Crippen LogP contribution in [0.2, 0.25) is 0 Å². The fraction of sp³-hybridized carbons (Fsp3) is 0.929. The minimum atomic E-state index is -0.806. The highest BCUT2D eigenvalue weighted by molar-refractivity contribution is 5.82. The number of likely N-dealkylation sites (N-methyl/N-ethyl adjacent to an activating group) is 1. The first-order chi connectivity index (χ1) is 18.7. The van der Waals surface area contributed by atoms with Gasteiger partial charge in [-0.15, -0.1) is 0 Å². The van der Waals surface area contributed by atoms with Gasteiger partial charge in [0.2, 0.25) is 11.8 Å². The molecule has 8 atom stereocenters. The Morgan fingerprint density at radius 3 is 2.54 bits per heavy atom. The zero-order valence-corrected chi connectivity index (χ0v) is 23.7. The number of nitrogens with two attached hydrogens (primary N) is 2. The van der Waals surface area contributed by atoms with Crippen LogP contribution in [0.4, 0.5) is 4.39 Å². The second-order valence-corrected chi connectivity index (χ2v) is 13.5. The van der Waals surface area contributed by atoms with Gasteiger partial charge in [-0.25, -0.2) is 4.39 Å². The molecule has 0 saturated carbocycles. The van der Waals surface area contributed by atoms with Crippen molar-refractivity contribution in [3.8, 4) is 0 Å². The van der Waals surface area contributed by atoms with Crippen molar-refractivity contribution in [2.45, 2.75) is 93.4 Å². The van der Waals surface area contributed by atoms with Crippen LogP contribution < -0.4 is 22.1 Å². The maximum atomic E-state index is 14.8. The van der Waals surface area contributed by atoms with Crippen LogP contribution in [0.25, 0.3) is 0 Å². The van der Waals surface area contributed by atoms with Crippen molar-refractivity contribution in [1.29, 1.82) is 0 Å². The van der Waals surface area contributed by atoms with E-state index >= 15 is 0 Å². The number of nitrogens with zero attached hydrogens (tertiary/aromatic N) is 4. The number of carbonyl (C=O) groups excluding carboxylic acids is 2. The van der Waals surface area contributed by atoms with Crippen LogP contribution in [0.5, 0.6) is 0 Å². The van der Waals surface area contributed by atoms with Gasteiger partial charge in [-0.1, -0.05) is 0 Å². The molecule has 39 heavy (non-hydrogen) atoms. The largest absolute Gasteiger partial charge is 0.350 e. The van der Waals surface area contributed by atoms with Crippen molar-refractivity contribution >= 4 is 11.8 Å². The van der Waals surface area contributed by atoms with Gasteiger partial charge < -0.3 is 31.5 Å². The number of hydrogen-bond acceptors (Lipinski definition) is 7. The summed E-state index contributed by atoms with van der Waals surface area (Å²) in [6.45, 7) is 7.17. The van der Waals surface area contributed by atoms with Crippen molar-refractivity contribution in [1.82, 2.24) is 25.3 Å². The minimum Gasteiger partial charge on any atom is -0.350 e. The van der Waals surface area contributed by atoms with Crippen LogP contribution in [-0.2, 0) is 9.59 Å². The lowest BCUT2D eigenvalue weighted by Crippen LogP contribution is -2.89. The molecule has 0 aromatic heterocycles. The van der Waals surface area contributed by atoms with Gasteiger partial charge in [0.05, 0.1) is 37.6 Å². The molecule has 6 heterocycles. The van der Waals surface area contributed by atoms with E-state index in [2.05, 4.69) is 20.4 Å². The van der Waals surface area contributed by atoms with Gasteiger partial charge in [0.1, 0.15) is 30.2 Å².